The van der Waals surface area contributed by atoms with Crippen LogP contribution in [0.5, 0.6) is 11.8 Å². The molecule has 158 valence electrons. The maximum atomic E-state index is 13.2. The van der Waals surface area contributed by atoms with E-state index in [0.29, 0.717) is 5.56 Å². The van der Waals surface area contributed by atoms with Gasteiger partial charge >= 0.3 is 0 Å². The molecule has 9 nitrogen and oxygen atoms in total. The lowest BCUT2D eigenvalue weighted by Crippen LogP contribution is -2.12. The lowest BCUT2D eigenvalue weighted by atomic mass is 10.1. The van der Waals surface area contributed by atoms with Crippen molar-refractivity contribution in [2.75, 3.05) is 14.2 Å². The van der Waals surface area contributed by atoms with E-state index in [4.69, 9.17) is 19.9 Å². The van der Waals surface area contributed by atoms with Crippen LogP contribution in [0.1, 0.15) is 24.0 Å². The van der Waals surface area contributed by atoms with Crippen molar-refractivity contribution < 1.29 is 26.7 Å². The molecular formula is C18H17F2N5O4S. The number of hydrogen-bond donors (Lipinski definition) is 1. The van der Waals surface area contributed by atoms with E-state index in [1.807, 2.05) is 6.07 Å². The van der Waals surface area contributed by atoms with Crippen molar-refractivity contribution in [1.82, 2.24) is 14.5 Å². The minimum atomic E-state index is -4.16. The molecule has 0 radical (unpaired) electrons. The average Bonchev–Trinajstić information content (AvgIpc) is 3.10. The number of ether oxygens (including phenoxy) is 2. The second-order valence-electron chi connectivity index (χ2n) is 6.16. The SMILES string of the molecule is COc1nc(-n2cc(S(N)(=O)=O)c3ccc(C(F)F)cc32)nc(OC)c1CCC#N. The first-order chi connectivity index (χ1) is 14.2. The number of nitriles is 1. The quantitative estimate of drug-likeness (QED) is 0.600. The third kappa shape index (κ3) is 3.89. The number of primary sulfonamides is 1. The zero-order valence-electron chi connectivity index (χ0n) is 16.0. The van der Waals surface area contributed by atoms with Crippen molar-refractivity contribution in [2.24, 2.45) is 5.14 Å². The highest BCUT2D eigenvalue weighted by Gasteiger charge is 2.23. The number of rotatable bonds is 7. The molecule has 0 saturated carbocycles. The summed E-state index contributed by atoms with van der Waals surface area (Å²) in [6.07, 6.45) is -1.20. The van der Waals surface area contributed by atoms with Gasteiger partial charge in [-0.1, -0.05) is 12.1 Å². The molecule has 0 fully saturated rings. The van der Waals surface area contributed by atoms with Crippen molar-refractivity contribution >= 4 is 20.9 Å². The second-order valence-corrected chi connectivity index (χ2v) is 7.69. The second kappa shape index (κ2) is 8.21. The van der Waals surface area contributed by atoms with Gasteiger partial charge in [-0.2, -0.15) is 15.2 Å². The normalized spacial score (nSPS) is 11.6. The van der Waals surface area contributed by atoms with Gasteiger partial charge in [0, 0.05) is 23.6 Å². The Hall–Kier alpha value is -3.30. The van der Waals surface area contributed by atoms with Crippen molar-refractivity contribution in [2.45, 2.75) is 24.2 Å². The number of benzene rings is 1. The first kappa shape index (κ1) is 21.4. The Bertz CT molecular complexity index is 1230. The monoisotopic (exact) mass is 437 g/mol. The first-order valence-corrected chi connectivity index (χ1v) is 10.1. The predicted molar refractivity (Wildman–Crippen MR) is 102 cm³/mol. The van der Waals surface area contributed by atoms with Gasteiger partial charge in [0.25, 0.3) is 6.43 Å². The number of alkyl halides is 2. The van der Waals surface area contributed by atoms with Gasteiger partial charge in [0.15, 0.2) is 0 Å². The van der Waals surface area contributed by atoms with E-state index in [1.54, 1.807) is 0 Å². The maximum Gasteiger partial charge on any atom is 0.263 e. The lowest BCUT2D eigenvalue weighted by Gasteiger charge is -2.13. The highest BCUT2D eigenvalue weighted by atomic mass is 32.2. The number of nitrogens with zero attached hydrogens (tertiary/aromatic N) is 4. The van der Waals surface area contributed by atoms with E-state index >= 15 is 0 Å². The molecule has 3 rings (SSSR count). The largest absolute Gasteiger partial charge is 0.481 e. The third-order valence-corrected chi connectivity index (χ3v) is 5.30. The van der Waals surface area contributed by atoms with Gasteiger partial charge in [0.05, 0.1) is 31.4 Å². The van der Waals surface area contributed by atoms with E-state index in [-0.39, 0.29) is 51.9 Å². The summed E-state index contributed by atoms with van der Waals surface area (Å²) in [5.41, 5.74) is 0.250. The summed E-state index contributed by atoms with van der Waals surface area (Å²) in [6, 6.07) is 5.52. The van der Waals surface area contributed by atoms with E-state index in [0.717, 1.165) is 18.3 Å². The molecule has 0 aliphatic carbocycles. The Morgan fingerprint density at radius 2 is 1.87 bits per heavy atom. The third-order valence-electron chi connectivity index (χ3n) is 4.36. The summed E-state index contributed by atoms with van der Waals surface area (Å²) in [6.45, 7) is 0. The molecule has 2 N–H and O–H groups in total. The number of sulfonamides is 1. The van der Waals surface area contributed by atoms with Crippen LogP contribution < -0.4 is 14.6 Å². The van der Waals surface area contributed by atoms with Gasteiger partial charge in [0.1, 0.15) is 4.90 Å². The molecule has 1 aromatic carbocycles. The molecule has 2 aromatic heterocycles. The Morgan fingerprint density at radius 3 is 2.37 bits per heavy atom. The minimum Gasteiger partial charge on any atom is -0.481 e. The van der Waals surface area contributed by atoms with Crippen molar-refractivity contribution in [3.63, 3.8) is 0 Å². The van der Waals surface area contributed by atoms with Crippen molar-refractivity contribution in [1.29, 1.82) is 5.26 Å². The fourth-order valence-electron chi connectivity index (χ4n) is 3.01. The molecular weight excluding hydrogens is 420 g/mol. The summed E-state index contributed by atoms with van der Waals surface area (Å²) < 4.78 is 62.3. The molecule has 0 saturated heterocycles. The highest BCUT2D eigenvalue weighted by molar-refractivity contribution is 7.89. The molecule has 12 heteroatoms. The number of aromatic nitrogens is 3. The Kier molecular flexibility index (Phi) is 5.86. The van der Waals surface area contributed by atoms with Gasteiger partial charge < -0.3 is 9.47 Å². The van der Waals surface area contributed by atoms with Gasteiger partial charge in [-0.3, -0.25) is 4.57 Å². The van der Waals surface area contributed by atoms with Crippen LogP contribution in [0.4, 0.5) is 8.78 Å². The van der Waals surface area contributed by atoms with Crippen molar-refractivity contribution in [3.05, 3.63) is 35.5 Å². The fourth-order valence-corrected chi connectivity index (χ4v) is 3.75. The molecule has 0 bridgehead atoms. The summed E-state index contributed by atoms with van der Waals surface area (Å²) in [7, 11) is -1.44. The van der Waals surface area contributed by atoms with Gasteiger partial charge in [-0.05, 0) is 12.5 Å². The zero-order chi connectivity index (χ0) is 22.1. The van der Waals surface area contributed by atoms with Crippen LogP contribution in [0, 0.1) is 11.3 Å². The molecule has 0 aliphatic heterocycles. The molecule has 0 amide bonds. The smallest absolute Gasteiger partial charge is 0.263 e. The number of methoxy groups -OCH3 is 2. The van der Waals surface area contributed by atoms with Gasteiger partial charge in [0.2, 0.25) is 27.7 Å². The van der Waals surface area contributed by atoms with Crippen LogP contribution >= 0.6 is 0 Å². The van der Waals surface area contributed by atoms with E-state index in [1.165, 1.54) is 24.9 Å². The summed E-state index contributed by atoms with van der Waals surface area (Å²) in [4.78, 5) is 8.25. The standard InChI is InChI=1S/C18H17F2N5O4S/c1-28-16-12(4-3-7-21)17(29-2)24-18(23-16)25-9-14(30(22,26)27)11-6-5-10(15(19)20)8-13(11)25/h5-6,8-9,15H,3-4H2,1-2H3,(H2,22,26,27). The molecule has 3 aromatic rings. The molecule has 2 heterocycles. The highest BCUT2D eigenvalue weighted by Crippen LogP contribution is 2.33. The molecule has 30 heavy (non-hydrogen) atoms. The van der Waals surface area contributed by atoms with E-state index in [2.05, 4.69) is 9.97 Å². The number of halogens is 2. The summed E-state index contributed by atoms with van der Waals surface area (Å²) in [5.74, 6) is 0.142. The Balaban J connectivity index is 2.33. The predicted octanol–water partition coefficient (Wildman–Crippen LogP) is 2.48. The maximum absolute atomic E-state index is 13.2. The number of hydrogen-bond acceptors (Lipinski definition) is 7. The van der Waals surface area contributed by atoms with E-state index < -0.39 is 16.4 Å². The molecule has 0 spiro atoms. The molecule has 0 unspecified atom stereocenters. The zero-order valence-corrected chi connectivity index (χ0v) is 16.8. The minimum absolute atomic E-state index is 0.0734. The van der Waals surface area contributed by atoms with Gasteiger partial charge in [-0.15, -0.1) is 0 Å². The average molecular weight is 437 g/mol. The molecule has 0 aliphatic rings. The van der Waals surface area contributed by atoms with Crippen LogP contribution in [-0.4, -0.2) is 37.2 Å². The first-order valence-electron chi connectivity index (χ1n) is 8.53. The van der Waals surface area contributed by atoms with Crippen LogP contribution in [0.3, 0.4) is 0 Å². The summed E-state index contributed by atoms with van der Waals surface area (Å²) >= 11 is 0. The van der Waals surface area contributed by atoms with Crippen LogP contribution in [0.15, 0.2) is 29.3 Å². The Labute approximate surface area is 170 Å². The van der Waals surface area contributed by atoms with Crippen LogP contribution in [-0.2, 0) is 16.4 Å². The fraction of sp³-hybridized carbons (Fsp3) is 0.278. The van der Waals surface area contributed by atoms with Crippen molar-refractivity contribution in [3.8, 4) is 23.8 Å². The summed E-state index contributed by atoms with van der Waals surface area (Å²) in [5, 5.41) is 14.3. The van der Waals surface area contributed by atoms with Crippen LogP contribution in [0.2, 0.25) is 0 Å². The topological polar surface area (TPSA) is 133 Å². The van der Waals surface area contributed by atoms with E-state index in [9.17, 15) is 17.2 Å². The number of fused-ring (bicyclic) bond motifs is 1. The number of nitrogens with two attached hydrogens (primary N) is 1. The lowest BCUT2D eigenvalue weighted by molar-refractivity contribution is 0.151. The van der Waals surface area contributed by atoms with Crippen LogP contribution in [0.25, 0.3) is 16.9 Å². The van der Waals surface area contributed by atoms with Gasteiger partial charge in [-0.25, -0.2) is 22.3 Å². The molecule has 0 atom stereocenters. The Morgan fingerprint density at radius 1 is 1.23 bits per heavy atom.